The van der Waals surface area contributed by atoms with Gasteiger partial charge >= 0.3 is 0 Å². The van der Waals surface area contributed by atoms with Crippen LogP contribution in [0.2, 0.25) is 0 Å². The topological polar surface area (TPSA) is 60.8 Å². The minimum Gasteiger partial charge on any atom is -0.441 e. The van der Waals surface area contributed by atoms with E-state index in [-0.39, 0.29) is 11.9 Å². The van der Waals surface area contributed by atoms with Crippen LogP contribution in [-0.4, -0.2) is 62.2 Å². The molecule has 3 fully saturated rings. The molecule has 2 bridgehead atoms. The van der Waals surface area contributed by atoms with Gasteiger partial charge in [0.1, 0.15) is 5.58 Å². The average molecular weight is 354 g/mol. The molecular formula is C20H26N4O2. The van der Waals surface area contributed by atoms with Gasteiger partial charge in [-0.1, -0.05) is 6.07 Å². The first-order chi connectivity index (χ1) is 12.7. The zero-order valence-corrected chi connectivity index (χ0v) is 15.2. The Kier molecular flexibility index (Phi) is 3.90. The summed E-state index contributed by atoms with van der Waals surface area (Å²) in [4.78, 5) is 17.3. The van der Waals surface area contributed by atoms with E-state index < -0.39 is 0 Å². The lowest BCUT2D eigenvalue weighted by Crippen LogP contribution is -2.44. The second kappa shape index (κ2) is 6.28. The van der Waals surface area contributed by atoms with Crippen LogP contribution in [-0.2, 0) is 0 Å². The molecule has 1 aromatic heterocycles. The quantitative estimate of drug-likeness (QED) is 0.880. The van der Waals surface area contributed by atoms with Crippen LogP contribution in [0.1, 0.15) is 29.6 Å². The van der Waals surface area contributed by atoms with E-state index in [4.69, 9.17) is 4.42 Å². The monoisotopic (exact) mass is 354 g/mol. The molecule has 6 heteroatoms. The van der Waals surface area contributed by atoms with Crippen LogP contribution in [0.3, 0.4) is 0 Å². The van der Waals surface area contributed by atoms with Crippen LogP contribution in [0.15, 0.2) is 28.7 Å². The van der Waals surface area contributed by atoms with E-state index in [1.807, 2.05) is 18.2 Å². The lowest BCUT2D eigenvalue weighted by atomic mass is 9.95. The maximum absolute atomic E-state index is 12.7. The van der Waals surface area contributed by atoms with Crippen molar-refractivity contribution in [3.63, 3.8) is 0 Å². The molecule has 26 heavy (non-hydrogen) atoms. The molecule has 3 saturated heterocycles. The highest BCUT2D eigenvalue weighted by Crippen LogP contribution is 2.30. The first-order valence-electron chi connectivity index (χ1n) is 9.70. The molecule has 3 atom stereocenters. The number of hydrogen-bond acceptors (Lipinski definition) is 5. The maximum Gasteiger partial charge on any atom is 0.251 e. The third-order valence-corrected chi connectivity index (χ3v) is 6.20. The van der Waals surface area contributed by atoms with Crippen LogP contribution in [0.4, 0.5) is 5.88 Å². The zero-order valence-electron chi connectivity index (χ0n) is 15.2. The number of anilines is 1. The van der Waals surface area contributed by atoms with Gasteiger partial charge in [-0.25, -0.2) is 0 Å². The Bertz CT molecular complexity index is 824. The molecule has 138 valence electrons. The van der Waals surface area contributed by atoms with Gasteiger partial charge in [0.25, 0.3) is 5.91 Å². The third-order valence-electron chi connectivity index (χ3n) is 6.20. The van der Waals surface area contributed by atoms with Gasteiger partial charge in [0.15, 0.2) is 5.88 Å². The van der Waals surface area contributed by atoms with Crippen molar-refractivity contribution in [1.82, 2.24) is 15.5 Å². The van der Waals surface area contributed by atoms with Crippen molar-refractivity contribution in [3.05, 3.63) is 29.8 Å². The fourth-order valence-corrected chi connectivity index (χ4v) is 4.58. The summed E-state index contributed by atoms with van der Waals surface area (Å²) in [7, 11) is 2.15. The number of piperazine rings is 1. The molecule has 2 aromatic rings. The summed E-state index contributed by atoms with van der Waals surface area (Å²) in [5.41, 5.74) is 1.47. The van der Waals surface area contributed by atoms with E-state index in [2.05, 4.69) is 33.5 Å². The van der Waals surface area contributed by atoms with Gasteiger partial charge in [0.2, 0.25) is 0 Å². The Morgan fingerprint density at radius 3 is 2.77 bits per heavy atom. The average Bonchev–Trinajstić information content (AvgIpc) is 3.36. The third kappa shape index (κ3) is 2.87. The number of fused-ring (bicyclic) bond motifs is 3. The fraction of sp³-hybridized carbons (Fsp3) is 0.550. The van der Waals surface area contributed by atoms with Gasteiger partial charge in [0.05, 0.1) is 0 Å². The van der Waals surface area contributed by atoms with E-state index in [1.54, 1.807) is 0 Å². The van der Waals surface area contributed by atoms with E-state index >= 15 is 0 Å². The summed E-state index contributed by atoms with van der Waals surface area (Å²) >= 11 is 0. The lowest BCUT2D eigenvalue weighted by molar-refractivity contribution is 0.0931. The van der Waals surface area contributed by atoms with Crippen LogP contribution in [0, 0.1) is 0 Å². The van der Waals surface area contributed by atoms with Crippen molar-refractivity contribution in [1.29, 1.82) is 0 Å². The molecule has 3 aliphatic rings. The second-order valence-corrected chi connectivity index (χ2v) is 7.99. The Morgan fingerprint density at radius 2 is 2.04 bits per heavy atom. The highest BCUT2D eigenvalue weighted by atomic mass is 16.4. The van der Waals surface area contributed by atoms with Crippen molar-refractivity contribution in [2.75, 3.05) is 38.1 Å². The van der Waals surface area contributed by atoms with Crippen molar-refractivity contribution < 1.29 is 9.21 Å². The van der Waals surface area contributed by atoms with Gasteiger partial charge in [-0.3, -0.25) is 4.79 Å². The fourth-order valence-electron chi connectivity index (χ4n) is 4.58. The number of likely N-dealkylation sites (N-methyl/N-ethyl adjacent to an activating group) is 1. The van der Waals surface area contributed by atoms with Gasteiger partial charge in [-0.05, 0) is 38.4 Å². The number of carbonyl (C=O) groups excluding carboxylic acids is 1. The molecule has 1 aromatic carbocycles. The SMILES string of the molecule is CN1CCN(c2cc3ccc(C(=O)N[C@@H]4C[C@H]5CC[C@@H]4N5)cc3o2)CC1. The van der Waals surface area contributed by atoms with Gasteiger partial charge in [-0.2, -0.15) is 0 Å². The van der Waals surface area contributed by atoms with Gasteiger partial charge < -0.3 is 24.9 Å². The predicted octanol–water partition coefficient (Wildman–Crippen LogP) is 1.81. The minimum atomic E-state index is 0.00352. The Labute approximate surface area is 153 Å². The number of hydrogen-bond donors (Lipinski definition) is 2. The number of nitrogens with zero attached hydrogens (tertiary/aromatic N) is 2. The number of benzene rings is 1. The number of rotatable bonds is 3. The van der Waals surface area contributed by atoms with E-state index in [1.165, 1.54) is 12.8 Å². The van der Waals surface area contributed by atoms with Crippen molar-refractivity contribution in [3.8, 4) is 0 Å². The summed E-state index contributed by atoms with van der Waals surface area (Å²) in [6.07, 6.45) is 3.46. The molecule has 6 nitrogen and oxygen atoms in total. The van der Waals surface area contributed by atoms with Crippen molar-refractivity contribution in [2.24, 2.45) is 0 Å². The predicted molar refractivity (Wildman–Crippen MR) is 102 cm³/mol. The summed E-state index contributed by atoms with van der Waals surface area (Å²) < 4.78 is 6.07. The molecule has 5 rings (SSSR count). The Hall–Kier alpha value is -2.05. The van der Waals surface area contributed by atoms with E-state index in [0.717, 1.165) is 49.5 Å². The minimum absolute atomic E-state index is 0.00352. The molecule has 4 heterocycles. The smallest absolute Gasteiger partial charge is 0.251 e. The number of carbonyl (C=O) groups is 1. The van der Waals surface area contributed by atoms with Crippen LogP contribution >= 0.6 is 0 Å². The molecule has 0 unspecified atom stereocenters. The molecule has 3 aliphatic heterocycles. The van der Waals surface area contributed by atoms with Gasteiger partial charge in [-0.15, -0.1) is 0 Å². The first kappa shape index (κ1) is 16.1. The molecule has 0 spiro atoms. The van der Waals surface area contributed by atoms with Crippen LogP contribution < -0.4 is 15.5 Å². The maximum atomic E-state index is 12.7. The highest BCUT2D eigenvalue weighted by Gasteiger charge is 2.39. The lowest BCUT2D eigenvalue weighted by Gasteiger charge is -2.32. The Morgan fingerprint density at radius 1 is 1.19 bits per heavy atom. The van der Waals surface area contributed by atoms with Crippen LogP contribution in [0.25, 0.3) is 11.0 Å². The number of nitrogens with one attached hydrogen (secondary N) is 2. The molecule has 0 saturated carbocycles. The summed E-state index contributed by atoms with van der Waals surface area (Å²) in [6.45, 7) is 4.03. The number of amides is 1. The molecular weight excluding hydrogens is 328 g/mol. The summed E-state index contributed by atoms with van der Waals surface area (Å²) in [5.74, 6) is 0.909. The highest BCUT2D eigenvalue weighted by molar-refractivity contribution is 5.98. The Balaban J connectivity index is 1.32. The van der Waals surface area contributed by atoms with Gasteiger partial charge in [0, 0.05) is 61.3 Å². The molecule has 0 radical (unpaired) electrons. The summed E-state index contributed by atoms with van der Waals surface area (Å²) in [5, 5.41) is 7.83. The van der Waals surface area contributed by atoms with Crippen molar-refractivity contribution >= 4 is 22.8 Å². The molecule has 0 aliphatic carbocycles. The van der Waals surface area contributed by atoms with Crippen LogP contribution in [0.5, 0.6) is 0 Å². The zero-order chi connectivity index (χ0) is 17.7. The largest absolute Gasteiger partial charge is 0.441 e. The molecule has 2 N–H and O–H groups in total. The second-order valence-electron chi connectivity index (χ2n) is 7.99. The first-order valence-corrected chi connectivity index (χ1v) is 9.70. The standard InChI is InChI=1S/C20H26N4O2/c1-23-6-8-24(9-7-23)19-11-13-2-3-14(10-18(13)26-19)20(25)22-17-12-15-4-5-16(17)21-15/h2-3,10-11,15-17,21H,4-9,12H2,1H3,(H,22,25)/t15-,16+,17-/m1/s1. The van der Waals surface area contributed by atoms with E-state index in [0.29, 0.717) is 17.6 Å². The molecule has 1 amide bonds. The number of furan rings is 1. The van der Waals surface area contributed by atoms with E-state index in [9.17, 15) is 4.79 Å². The van der Waals surface area contributed by atoms with Crippen molar-refractivity contribution in [2.45, 2.75) is 37.4 Å². The summed E-state index contributed by atoms with van der Waals surface area (Å²) in [6, 6.07) is 9.15. The normalized spacial score (nSPS) is 28.8.